The minimum absolute atomic E-state index is 0.918. The van der Waals surface area contributed by atoms with Crippen molar-refractivity contribution in [3.05, 3.63) is 66.2 Å². The summed E-state index contributed by atoms with van der Waals surface area (Å²) in [7, 11) is 0. The molecule has 0 aliphatic carbocycles. The average molecular weight is 271 g/mol. The van der Waals surface area contributed by atoms with Gasteiger partial charge in [0.15, 0.2) is 11.5 Å². The second kappa shape index (κ2) is 3.67. The third-order valence-electron chi connectivity index (χ3n) is 4.23. The molecule has 0 N–H and O–H groups in total. The fourth-order valence-corrected chi connectivity index (χ4v) is 3.33. The summed E-state index contributed by atoms with van der Waals surface area (Å²) in [4.78, 5) is 0. The predicted molar refractivity (Wildman–Crippen MR) is 85.6 cm³/mol. The molecule has 2 nitrogen and oxygen atoms in total. The largest absolute Gasteiger partial charge is 0.453 e. The molecule has 2 heteroatoms. The Morgan fingerprint density at radius 3 is 2.62 bits per heavy atom. The number of hydrogen-bond donors (Lipinski definition) is 0. The normalized spacial score (nSPS) is 12.4. The van der Waals surface area contributed by atoms with Crippen LogP contribution in [0.3, 0.4) is 0 Å². The van der Waals surface area contributed by atoms with Crippen molar-refractivity contribution in [2.45, 2.75) is 6.92 Å². The molecule has 100 valence electrons. The number of ether oxygens (including phenoxy) is 1. The van der Waals surface area contributed by atoms with Gasteiger partial charge in [-0.2, -0.15) is 0 Å². The highest BCUT2D eigenvalue weighted by molar-refractivity contribution is 6.12. The van der Waals surface area contributed by atoms with Crippen LogP contribution in [-0.2, 0) is 0 Å². The minimum atomic E-state index is 0.918. The van der Waals surface area contributed by atoms with Crippen molar-refractivity contribution in [2.24, 2.45) is 0 Å². The van der Waals surface area contributed by atoms with Crippen LogP contribution in [0.25, 0.3) is 27.5 Å². The van der Waals surface area contributed by atoms with E-state index in [0.717, 1.165) is 22.7 Å². The fourth-order valence-electron chi connectivity index (χ4n) is 3.33. The zero-order chi connectivity index (χ0) is 14.0. The van der Waals surface area contributed by atoms with Crippen LogP contribution < -0.4 is 4.74 Å². The monoisotopic (exact) mass is 271 g/mol. The van der Waals surface area contributed by atoms with Crippen LogP contribution in [0.2, 0.25) is 0 Å². The van der Waals surface area contributed by atoms with Crippen LogP contribution in [0, 0.1) is 6.92 Å². The van der Waals surface area contributed by atoms with Crippen LogP contribution in [-0.4, -0.2) is 4.57 Å². The number of aromatic nitrogens is 1. The van der Waals surface area contributed by atoms with E-state index in [-0.39, 0.29) is 0 Å². The molecule has 3 aromatic carbocycles. The standard InChI is InChI=1S/C19H13NO/c1-12-9-10-17-16(11-12)20-15-7-3-2-5-13(15)14-6-4-8-18(21-17)19(14)20/h2-11H,1H3. The van der Waals surface area contributed by atoms with Gasteiger partial charge in [-0.15, -0.1) is 0 Å². The van der Waals surface area contributed by atoms with Gasteiger partial charge in [0.1, 0.15) is 0 Å². The maximum atomic E-state index is 6.11. The van der Waals surface area contributed by atoms with Crippen LogP contribution >= 0.6 is 0 Å². The summed E-state index contributed by atoms with van der Waals surface area (Å²) in [6.45, 7) is 2.11. The Kier molecular flexibility index (Phi) is 1.92. The molecular formula is C19H13NO. The van der Waals surface area contributed by atoms with Crippen molar-refractivity contribution < 1.29 is 4.74 Å². The number of rotatable bonds is 0. The molecule has 0 amide bonds. The number of nitrogens with zero attached hydrogens (tertiary/aromatic N) is 1. The molecule has 0 bridgehead atoms. The van der Waals surface area contributed by atoms with Crippen molar-refractivity contribution in [3.63, 3.8) is 0 Å². The summed E-state index contributed by atoms with van der Waals surface area (Å²) in [5.41, 5.74) is 4.76. The molecule has 1 aliphatic rings. The van der Waals surface area contributed by atoms with E-state index in [0.29, 0.717) is 0 Å². The molecular weight excluding hydrogens is 258 g/mol. The number of para-hydroxylation sites is 2. The highest BCUT2D eigenvalue weighted by atomic mass is 16.5. The Morgan fingerprint density at radius 1 is 0.810 bits per heavy atom. The first-order valence-electron chi connectivity index (χ1n) is 7.14. The molecule has 0 unspecified atom stereocenters. The number of aryl methyl sites for hydroxylation is 1. The summed E-state index contributed by atoms with van der Waals surface area (Å²) in [6, 6.07) is 21.2. The molecule has 1 aromatic heterocycles. The predicted octanol–water partition coefficient (Wildman–Crippen LogP) is 5.20. The molecule has 0 saturated carbocycles. The Bertz CT molecular complexity index is 1030. The third kappa shape index (κ3) is 1.32. The first-order chi connectivity index (χ1) is 10.3. The molecule has 0 fully saturated rings. The maximum Gasteiger partial charge on any atom is 0.152 e. The molecule has 5 rings (SSSR count). The summed E-state index contributed by atoms with van der Waals surface area (Å²) >= 11 is 0. The Hall–Kier alpha value is -2.74. The van der Waals surface area contributed by atoms with E-state index >= 15 is 0 Å². The minimum Gasteiger partial charge on any atom is -0.453 e. The van der Waals surface area contributed by atoms with Gasteiger partial charge in [0.05, 0.1) is 16.7 Å². The van der Waals surface area contributed by atoms with E-state index in [1.807, 2.05) is 6.07 Å². The summed E-state index contributed by atoms with van der Waals surface area (Å²) in [5.74, 6) is 1.85. The van der Waals surface area contributed by atoms with E-state index in [9.17, 15) is 0 Å². The highest BCUT2D eigenvalue weighted by Crippen LogP contribution is 2.45. The van der Waals surface area contributed by atoms with E-state index < -0.39 is 0 Å². The van der Waals surface area contributed by atoms with Crippen molar-refractivity contribution in [1.82, 2.24) is 4.57 Å². The lowest BCUT2D eigenvalue weighted by Crippen LogP contribution is -2.04. The lowest BCUT2D eigenvalue weighted by molar-refractivity contribution is 0.476. The second-order valence-corrected chi connectivity index (χ2v) is 5.58. The summed E-state index contributed by atoms with van der Waals surface area (Å²) in [6.07, 6.45) is 0. The molecule has 4 aromatic rings. The Labute approximate surface area is 122 Å². The van der Waals surface area contributed by atoms with Gasteiger partial charge in [0, 0.05) is 10.8 Å². The number of hydrogen-bond acceptors (Lipinski definition) is 1. The van der Waals surface area contributed by atoms with E-state index in [2.05, 4.69) is 66.1 Å². The van der Waals surface area contributed by atoms with Crippen LogP contribution in [0.1, 0.15) is 5.56 Å². The first-order valence-corrected chi connectivity index (χ1v) is 7.14. The molecule has 0 spiro atoms. The average Bonchev–Trinajstić information content (AvgIpc) is 2.85. The van der Waals surface area contributed by atoms with Gasteiger partial charge in [0.25, 0.3) is 0 Å². The van der Waals surface area contributed by atoms with Gasteiger partial charge >= 0.3 is 0 Å². The lowest BCUT2D eigenvalue weighted by atomic mass is 10.1. The molecule has 0 atom stereocenters. The molecule has 2 heterocycles. The van der Waals surface area contributed by atoms with Gasteiger partial charge in [-0.1, -0.05) is 36.4 Å². The number of fused-ring (bicyclic) bond motifs is 5. The van der Waals surface area contributed by atoms with E-state index in [1.165, 1.54) is 21.9 Å². The topological polar surface area (TPSA) is 14.2 Å². The molecule has 1 aliphatic heterocycles. The van der Waals surface area contributed by atoms with Crippen molar-refractivity contribution >= 4 is 21.8 Å². The second-order valence-electron chi connectivity index (χ2n) is 5.58. The van der Waals surface area contributed by atoms with Crippen molar-refractivity contribution in [2.75, 3.05) is 0 Å². The zero-order valence-electron chi connectivity index (χ0n) is 11.6. The molecule has 21 heavy (non-hydrogen) atoms. The third-order valence-corrected chi connectivity index (χ3v) is 4.23. The van der Waals surface area contributed by atoms with Gasteiger partial charge < -0.3 is 9.30 Å². The van der Waals surface area contributed by atoms with Gasteiger partial charge in [-0.3, -0.25) is 0 Å². The molecule has 0 saturated heterocycles. The summed E-state index contributed by atoms with van der Waals surface area (Å²) in [5, 5.41) is 2.52. The maximum absolute atomic E-state index is 6.11. The van der Waals surface area contributed by atoms with Crippen LogP contribution in [0.4, 0.5) is 0 Å². The van der Waals surface area contributed by atoms with Crippen molar-refractivity contribution in [3.8, 4) is 17.2 Å². The summed E-state index contributed by atoms with van der Waals surface area (Å²) < 4.78 is 8.44. The van der Waals surface area contributed by atoms with Gasteiger partial charge in [-0.05, 0) is 36.8 Å². The smallest absolute Gasteiger partial charge is 0.152 e. The fraction of sp³-hybridized carbons (Fsp3) is 0.0526. The highest BCUT2D eigenvalue weighted by Gasteiger charge is 2.22. The zero-order valence-corrected chi connectivity index (χ0v) is 11.6. The van der Waals surface area contributed by atoms with E-state index in [1.54, 1.807) is 0 Å². The van der Waals surface area contributed by atoms with Gasteiger partial charge in [0.2, 0.25) is 0 Å². The van der Waals surface area contributed by atoms with Crippen LogP contribution in [0.5, 0.6) is 11.5 Å². The SMILES string of the molecule is Cc1ccc2c(c1)-n1c3ccccc3c3cccc(c31)O2. The number of benzene rings is 3. The van der Waals surface area contributed by atoms with Gasteiger partial charge in [-0.25, -0.2) is 0 Å². The van der Waals surface area contributed by atoms with E-state index in [4.69, 9.17) is 4.74 Å². The quantitative estimate of drug-likeness (QED) is 0.377. The Balaban J connectivity index is 2.09. The van der Waals surface area contributed by atoms with Crippen LogP contribution in [0.15, 0.2) is 60.7 Å². The first kappa shape index (κ1) is 11.0. The lowest BCUT2D eigenvalue weighted by Gasteiger charge is -2.21. The van der Waals surface area contributed by atoms with Crippen molar-refractivity contribution in [1.29, 1.82) is 0 Å². The molecule has 0 radical (unpaired) electrons. The Morgan fingerprint density at radius 2 is 1.67 bits per heavy atom.